The SMILES string of the molecule is CN(CC(C)(C)O)C1=CN(Br)NN1Cc1ccccc1. The molecule has 0 saturated heterocycles. The number of hydrazine groups is 2. The lowest BCUT2D eigenvalue weighted by atomic mass is 10.1. The maximum absolute atomic E-state index is 9.96. The van der Waals surface area contributed by atoms with Crippen LogP contribution in [0.15, 0.2) is 42.4 Å². The highest BCUT2D eigenvalue weighted by atomic mass is 79.9. The smallest absolute Gasteiger partial charge is 0.139 e. The summed E-state index contributed by atoms with van der Waals surface area (Å²) in [6, 6.07) is 10.2. The summed E-state index contributed by atoms with van der Waals surface area (Å²) in [5, 5.41) is 12.0. The molecular formula is C14H21BrN4O. The van der Waals surface area contributed by atoms with E-state index in [4.69, 9.17) is 0 Å². The van der Waals surface area contributed by atoms with Crippen LogP contribution in [0.4, 0.5) is 0 Å². The molecule has 1 aromatic carbocycles. The van der Waals surface area contributed by atoms with Crippen LogP contribution < -0.4 is 5.53 Å². The van der Waals surface area contributed by atoms with Crippen molar-refractivity contribution in [3.63, 3.8) is 0 Å². The molecule has 2 rings (SSSR count). The zero-order valence-corrected chi connectivity index (χ0v) is 13.6. The largest absolute Gasteiger partial charge is 0.389 e. The standard InChI is InChI=1S/C14H21BrN4O/c1-14(2,20)11-17(3)13-10-19(15)16-18(13)9-12-7-5-4-6-8-12/h4-8,10,16,20H,9,11H2,1-3H3. The molecule has 0 aromatic heterocycles. The van der Waals surface area contributed by atoms with Gasteiger partial charge < -0.3 is 10.0 Å². The van der Waals surface area contributed by atoms with Crippen LogP contribution in [0, 0.1) is 0 Å². The molecule has 1 aliphatic rings. The third-order valence-electron chi connectivity index (χ3n) is 2.92. The molecule has 0 spiro atoms. The summed E-state index contributed by atoms with van der Waals surface area (Å²) in [4.78, 5) is 2.02. The lowest BCUT2D eigenvalue weighted by Crippen LogP contribution is -2.43. The van der Waals surface area contributed by atoms with Crippen LogP contribution in [0.3, 0.4) is 0 Å². The Kier molecular flexibility index (Phi) is 4.57. The molecule has 0 fully saturated rings. The second-order valence-electron chi connectivity index (χ2n) is 5.64. The van der Waals surface area contributed by atoms with E-state index >= 15 is 0 Å². The monoisotopic (exact) mass is 340 g/mol. The van der Waals surface area contributed by atoms with Gasteiger partial charge in [-0.2, -0.15) is 0 Å². The molecule has 110 valence electrons. The first-order valence-electron chi connectivity index (χ1n) is 6.53. The van der Waals surface area contributed by atoms with Crippen LogP contribution in [0.2, 0.25) is 0 Å². The Morgan fingerprint density at radius 2 is 1.95 bits per heavy atom. The summed E-state index contributed by atoms with van der Waals surface area (Å²) in [6.07, 6.45) is 1.94. The molecule has 0 aliphatic carbocycles. The van der Waals surface area contributed by atoms with E-state index in [1.165, 1.54) is 5.56 Å². The average Bonchev–Trinajstić information content (AvgIpc) is 2.69. The summed E-state index contributed by atoms with van der Waals surface area (Å²) in [5.41, 5.74) is 3.66. The van der Waals surface area contributed by atoms with Gasteiger partial charge in [-0.3, -0.25) is 5.01 Å². The van der Waals surface area contributed by atoms with Crippen molar-refractivity contribution in [2.45, 2.75) is 26.0 Å². The van der Waals surface area contributed by atoms with Crippen LogP contribution >= 0.6 is 16.1 Å². The molecule has 0 saturated carbocycles. The maximum Gasteiger partial charge on any atom is 0.139 e. The number of benzene rings is 1. The topological polar surface area (TPSA) is 42.0 Å². The lowest BCUT2D eigenvalue weighted by molar-refractivity contribution is 0.0394. The highest BCUT2D eigenvalue weighted by Gasteiger charge is 2.26. The predicted octanol–water partition coefficient (Wildman–Crippen LogP) is 2.04. The quantitative estimate of drug-likeness (QED) is 0.803. The van der Waals surface area contributed by atoms with Crippen molar-refractivity contribution in [3.8, 4) is 0 Å². The molecule has 6 heteroatoms. The Balaban J connectivity index is 2.07. The second-order valence-corrected chi connectivity index (χ2v) is 6.40. The minimum atomic E-state index is -0.742. The number of hydrogen-bond donors (Lipinski definition) is 2. The van der Waals surface area contributed by atoms with Crippen molar-refractivity contribution in [2.75, 3.05) is 13.6 Å². The fourth-order valence-corrected chi connectivity index (χ4v) is 2.59. The molecule has 1 aromatic rings. The molecule has 5 nitrogen and oxygen atoms in total. The van der Waals surface area contributed by atoms with Crippen LogP contribution in [-0.4, -0.2) is 38.2 Å². The van der Waals surface area contributed by atoms with Gasteiger partial charge in [0, 0.05) is 13.6 Å². The van der Waals surface area contributed by atoms with Gasteiger partial charge in [0.25, 0.3) is 0 Å². The normalized spacial score (nSPS) is 15.6. The van der Waals surface area contributed by atoms with Crippen LogP contribution in [0.5, 0.6) is 0 Å². The van der Waals surface area contributed by atoms with Crippen molar-refractivity contribution < 1.29 is 5.11 Å². The first-order chi connectivity index (χ1) is 9.35. The third kappa shape index (κ3) is 4.13. The summed E-state index contributed by atoms with van der Waals surface area (Å²) in [7, 11) is 1.97. The molecule has 0 radical (unpaired) electrons. The number of nitrogens with zero attached hydrogens (tertiary/aromatic N) is 3. The Morgan fingerprint density at radius 3 is 2.55 bits per heavy atom. The molecule has 1 heterocycles. The number of likely N-dealkylation sites (N-methyl/N-ethyl adjacent to an activating group) is 1. The molecule has 0 atom stereocenters. The van der Waals surface area contributed by atoms with E-state index in [2.05, 4.69) is 33.8 Å². The van der Waals surface area contributed by atoms with Gasteiger partial charge in [-0.15, -0.1) is 5.53 Å². The second kappa shape index (κ2) is 6.03. The van der Waals surface area contributed by atoms with E-state index in [0.717, 1.165) is 12.4 Å². The minimum absolute atomic E-state index is 0.548. The minimum Gasteiger partial charge on any atom is -0.389 e. The van der Waals surface area contributed by atoms with Crippen LogP contribution in [0.1, 0.15) is 19.4 Å². The number of hydrogen-bond acceptors (Lipinski definition) is 5. The molecule has 0 unspecified atom stereocenters. The van der Waals surface area contributed by atoms with Gasteiger partial charge >= 0.3 is 0 Å². The highest BCUT2D eigenvalue weighted by molar-refractivity contribution is 9.07. The zero-order valence-electron chi connectivity index (χ0n) is 12.0. The summed E-state index contributed by atoms with van der Waals surface area (Å²) in [5.74, 6) is 0.993. The van der Waals surface area contributed by atoms with Gasteiger partial charge in [0.1, 0.15) is 5.82 Å². The average molecular weight is 341 g/mol. The van der Waals surface area contributed by atoms with Crippen molar-refractivity contribution >= 4 is 16.1 Å². The number of aliphatic hydroxyl groups is 1. The summed E-state index contributed by atoms with van der Waals surface area (Å²) in [6.45, 7) is 4.90. The fraction of sp³-hybridized carbons (Fsp3) is 0.429. The molecule has 2 N–H and O–H groups in total. The first kappa shape index (κ1) is 15.2. The summed E-state index contributed by atoms with van der Waals surface area (Å²) < 4.78 is 1.73. The van der Waals surface area contributed by atoms with Gasteiger partial charge in [-0.1, -0.05) is 30.3 Å². The first-order valence-corrected chi connectivity index (χ1v) is 7.24. The van der Waals surface area contributed by atoms with Gasteiger partial charge in [0.05, 0.1) is 34.5 Å². The van der Waals surface area contributed by atoms with Gasteiger partial charge in [-0.25, -0.2) is 4.03 Å². The van der Waals surface area contributed by atoms with Crippen LogP contribution in [-0.2, 0) is 6.54 Å². The van der Waals surface area contributed by atoms with Crippen molar-refractivity contribution in [1.29, 1.82) is 0 Å². The lowest BCUT2D eigenvalue weighted by Gasteiger charge is -2.32. The fourth-order valence-electron chi connectivity index (χ4n) is 2.21. The van der Waals surface area contributed by atoms with E-state index in [1.54, 1.807) is 17.9 Å². The Bertz CT molecular complexity index is 472. The number of nitrogens with one attached hydrogen (secondary N) is 1. The summed E-state index contributed by atoms with van der Waals surface area (Å²) >= 11 is 3.40. The molecule has 1 aliphatic heterocycles. The highest BCUT2D eigenvalue weighted by Crippen LogP contribution is 2.21. The number of rotatable bonds is 5. The molecule has 0 amide bonds. The van der Waals surface area contributed by atoms with E-state index < -0.39 is 5.60 Å². The van der Waals surface area contributed by atoms with Gasteiger partial charge in [0.2, 0.25) is 0 Å². The van der Waals surface area contributed by atoms with Gasteiger partial charge in [-0.05, 0) is 19.4 Å². The predicted molar refractivity (Wildman–Crippen MR) is 82.9 cm³/mol. The van der Waals surface area contributed by atoms with Crippen LogP contribution in [0.25, 0.3) is 0 Å². The van der Waals surface area contributed by atoms with Crippen molar-refractivity contribution in [1.82, 2.24) is 19.5 Å². The van der Waals surface area contributed by atoms with Gasteiger partial charge in [0.15, 0.2) is 0 Å². The molecule has 20 heavy (non-hydrogen) atoms. The maximum atomic E-state index is 9.96. The Morgan fingerprint density at radius 1 is 1.30 bits per heavy atom. The van der Waals surface area contributed by atoms with E-state index in [-0.39, 0.29) is 0 Å². The van der Waals surface area contributed by atoms with E-state index in [1.807, 2.05) is 41.4 Å². The third-order valence-corrected chi connectivity index (χ3v) is 3.28. The Hall–Kier alpha value is -1.24. The molecular weight excluding hydrogens is 320 g/mol. The van der Waals surface area contributed by atoms with E-state index in [9.17, 15) is 5.11 Å². The van der Waals surface area contributed by atoms with E-state index in [0.29, 0.717) is 6.54 Å². The zero-order chi connectivity index (χ0) is 14.8. The number of halogens is 1. The van der Waals surface area contributed by atoms with Crippen molar-refractivity contribution in [3.05, 3.63) is 47.9 Å². The Labute approximate surface area is 128 Å². The van der Waals surface area contributed by atoms with Crippen molar-refractivity contribution in [2.24, 2.45) is 0 Å². The molecule has 0 bridgehead atoms.